The van der Waals surface area contributed by atoms with Crippen LogP contribution in [0.2, 0.25) is 0 Å². The molecule has 0 fully saturated rings. The first-order chi connectivity index (χ1) is 4.87. The number of rotatable bonds is 3. The molecule has 1 radical (unpaired) electrons. The van der Waals surface area contributed by atoms with Gasteiger partial charge in [-0.25, -0.2) is 4.99 Å². The molecule has 1 atom stereocenters. The molecular formula is C5H8NO3S2. The lowest BCUT2D eigenvalue weighted by atomic mass is 10.3. The topological polar surface area (TPSA) is 66.7 Å². The first kappa shape index (κ1) is 10.7. The van der Waals surface area contributed by atoms with Crippen LogP contribution in [0.15, 0.2) is 4.99 Å². The van der Waals surface area contributed by atoms with E-state index in [-0.39, 0.29) is 6.42 Å². The fraction of sp³-hybridized carbons (Fsp3) is 0.600. The quantitative estimate of drug-likeness (QED) is 0.412. The van der Waals surface area contributed by atoms with Gasteiger partial charge in [0, 0.05) is 0 Å². The van der Waals surface area contributed by atoms with Crippen molar-refractivity contribution in [3.63, 3.8) is 0 Å². The van der Waals surface area contributed by atoms with E-state index in [1.54, 1.807) is 0 Å². The van der Waals surface area contributed by atoms with Crippen LogP contribution in [0.25, 0.3) is 0 Å². The van der Waals surface area contributed by atoms with E-state index in [0.29, 0.717) is 0 Å². The first-order valence-electron chi connectivity index (χ1n) is 2.72. The molecule has 0 aromatic rings. The van der Waals surface area contributed by atoms with Gasteiger partial charge in [0.25, 0.3) is 10.1 Å². The monoisotopic (exact) mass is 194 g/mol. The van der Waals surface area contributed by atoms with E-state index in [9.17, 15) is 8.42 Å². The minimum atomic E-state index is -4.23. The lowest BCUT2D eigenvalue weighted by Crippen LogP contribution is -2.31. The van der Waals surface area contributed by atoms with E-state index in [1.807, 2.05) is 5.16 Å². The molecule has 11 heavy (non-hydrogen) atoms. The van der Waals surface area contributed by atoms with Crippen LogP contribution in [-0.4, -0.2) is 23.0 Å². The number of isothiocyanates is 1. The second kappa shape index (κ2) is 3.40. The van der Waals surface area contributed by atoms with Crippen LogP contribution in [0, 0.1) is 6.92 Å². The summed E-state index contributed by atoms with van der Waals surface area (Å²) < 4.78 is 29.8. The molecule has 0 aromatic carbocycles. The molecule has 1 unspecified atom stereocenters. The van der Waals surface area contributed by atoms with E-state index in [2.05, 4.69) is 24.1 Å². The molecule has 0 saturated carbocycles. The first-order valence-corrected chi connectivity index (χ1v) is 4.57. The van der Waals surface area contributed by atoms with Gasteiger partial charge in [0.05, 0.1) is 5.16 Å². The zero-order chi connectivity index (χ0) is 9.12. The number of thiocarbonyl (C=S) groups is 1. The van der Waals surface area contributed by atoms with Gasteiger partial charge in [0.2, 0.25) is 0 Å². The summed E-state index contributed by atoms with van der Waals surface area (Å²) in [5, 5.41) is 1.89. The maximum absolute atomic E-state index is 10.6. The van der Waals surface area contributed by atoms with Crippen molar-refractivity contribution in [3.8, 4) is 0 Å². The fourth-order valence-corrected chi connectivity index (χ4v) is 1.02. The summed E-state index contributed by atoms with van der Waals surface area (Å²) in [4.78, 5) is 1.67. The molecule has 63 valence electrons. The van der Waals surface area contributed by atoms with Gasteiger partial charge in [0.15, 0.2) is 4.87 Å². The van der Waals surface area contributed by atoms with Gasteiger partial charge < -0.3 is 0 Å². The number of hydrogen-bond acceptors (Lipinski definition) is 4. The second-order valence-electron chi connectivity index (χ2n) is 2.10. The van der Waals surface area contributed by atoms with Gasteiger partial charge in [-0.3, -0.25) is 4.55 Å². The predicted molar refractivity (Wildman–Crippen MR) is 45.0 cm³/mol. The third-order valence-electron chi connectivity index (χ3n) is 1.30. The molecule has 0 rings (SSSR count). The average molecular weight is 194 g/mol. The Balaban J connectivity index is 5.07. The van der Waals surface area contributed by atoms with Crippen molar-refractivity contribution in [2.45, 2.75) is 18.2 Å². The van der Waals surface area contributed by atoms with Gasteiger partial charge in [-0.05, 0) is 32.5 Å². The van der Waals surface area contributed by atoms with Crippen LogP contribution >= 0.6 is 12.2 Å². The Morgan fingerprint density at radius 3 is 2.36 bits per heavy atom. The van der Waals surface area contributed by atoms with Crippen LogP contribution in [0.3, 0.4) is 0 Å². The molecule has 0 spiro atoms. The lowest BCUT2D eigenvalue weighted by molar-refractivity contribution is 0.437. The second-order valence-corrected chi connectivity index (χ2v) is 4.12. The largest absolute Gasteiger partial charge is 0.291 e. The Hall–Kier alpha value is -0.290. The Labute approximate surface area is 71.1 Å². The summed E-state index contributed by atoms with van der Waals surface area (Å²) >= 11 is 4.22. The zero-order valence-electron chi connectivity index (χ0n) is 5.94. The molecule has 0 heterocycles. The number of hydrogen-bond donors (Lipinski definition) is 1. The van der Waals surface area contributed by atoms with Crippen molar-refractivity contribution in [1.82, 2.24) is 0 Å². The molecule has 0 aliphatic carbocycles. The highest BCUT2D eigenvalue weighted by Crippen LogP contribution is 2.20. The van der Waals surface area contributed by atoms with E-state index in [4.69, 9.17) is 4.55 Å². The lowest BCUT2D eigenvalue weighted by Gasteiger charge is -2.16. The van der Waals surface area contributed by atoms with Gasteiger partial charge >= 0.3 is 0 Å². The van der Waals surface area contributed by atoms with Gasteiger partial charge in [0.1, 0.15) is 0 Å². The van der Waals surface area contributed by atoms with E-state index in [0.717, 1.165) is 0 Å². The molecule has 0 aliphatic rings. The van der Waals surface area contributed by atoms with Crippen molar-refractivity contribution in [3.05, 3.63) is 6.92 Å². The van der Waals surface area contributed by atoms with Crippen LogP contribution < -0.4 is 0 Å². The zero-order valence-corrected chi connectivity index (χ0v) is 7.57. The minimum absolute atomic E-state index is 0.0878. The normalized spacial score (nSPS) is 16.6. The van der Waals surface area contributed by atoms with E-state index < -0.39 is 15.0 Å². The molecule has 0 amide bonds. The van der Waals surface area contributed by atoms with Crippen LogP contribution in [0.4, 0.5) is 0 Å². The van der Waals surface area contributed by atoms with Crippen molar-refractivity contribution in [2.24, 2.45) is 4.99 Å². The highest BCUT2D eigenvalue weighted by Gasteiger charge is 2.35. The van der Waals surface area contributed by atoms with Gasteiger partial charge in [-0.15, -0.1) is 0 Å². The standard InChI is InChI=1S/C5H8NO3S2/c1-3-5(2,6-4-10)11(7,8)9/h1,3H2,2H3,(H,7,8,9). The Morgan fingerprint density at radius 2 is 2.27 bits per heavy atom. The van der Waals surface area contributed by atoms with E-state index >= 15 is 0 Å². The molecule has 1 N–H and O–H groups in total. The fourth-order valence-electron chi connectivity index (χ4n) is 0.339. The molecule has 0 aliphatic heterocycles. The molecule has 0 aromatic heterocycles. The third kappa shape index (κ3) is 2.34. The Kier molecular flexibility index (Phi) is 3.31. The molecule has 0 saturated heterocycles. The number of nitrogens with zero attached hydrogens (tertiary/aromatic N) is 1. The van der Waals surface area contributed by atoms with E-state index in [1.165, 1.54) is 6.92 Å². The van der Waals surface area contributed by atoms with Crippen LogP contribution in [0.5, 0.6) is 0 Å². The minimum Gasteiger partial charge on any atom is -0.284 e. The third-order valence-corrected chi connectivity index (χ3v) is 2.80. The van der Waals surface area contributed by atoms with Crippen molar-refractivity contribution >= 4 is 27.5 Å². The Morgan fingerprint density at radius 1 is 1.82 bits per heavy atom. The van der Waals surface area contributed by atoms with Gasteiger partial charge in [-0.2, -0.15) is 8.42 Å². The summed E-state index contributed by atoms with van der Waals surface area (Å²) in [5.41, 5.74) is 0. The summed E-state index contributed by atoms with van der Waals surface area (Å²) in [6.45, 7) is 4.54. The molecule has 4 nitrogen and oxygen atoms in total. The van der Waals surface area contributed by atoms with Crippen LogP contribution in [0.1, 0.15) is 13.3 Å². The SMILES string of the molecule is [CH2]CC(C)(N=C=S)S(=O)(=O)O. The molecular weight excluding hydrogens is 186 g/mol. The maximum atomic E-state index is 10.6. The van der Waals surface area contributed by atoms with Gasteiger partial charge in [-0.1, -0.05) is 0 Å². The highest BCUT2D eigenvalue weighted by atomic mass is 32.2. The Bertz CT molecular complexity index is 278. The van der Waals surface area contributed by atoms with Crippen molar-refractivity contribution in [1.29, 1.82) is 0 Å². The summed E-state index contributed by atoms with van der Waals surface area (Å²) in [6.07, 6.45) is -0.0878. The molecule has 0 bridgehead atoms. The summed E-state index contributed by atoms with van der Waals surface area (Å²) in [7, 11) is -4.23. The molecule has 6 heteroatoms. The highest BCUT2D eigenvalue weighted by molar-refractivity contribution is 7.87. The average Bonchev–Trinajstić information content (AvgIpc) is 1.86. The van der Waals surface area contributed by atoms with Crippen molar-refractivity contribution in [2.75, 3.05) is 0 Å². The smallest absolute Gasteiger partial charge is 0.284 e. The predicted octanol–water partition coefficient (Wildman–Crippen LogP) is 0.917. The summed E-state index contributed by atoms with van der Waals surface area (Å²) in [5.74, 6) is 0. The maximum Gasteiger partial charge on any atom is 0.291 e. The summed E-state index contributed by atoms with van der Waals surface area (Å²) in [6, 6.07) is 0. The van der Waals surface area contributed by atoms with Crippen molar-refractivity contribution < 1.29 is 13.0 Å². The van der Waals surface area contributed by atoms with Crippen LogP contribution in [-0.2, 0) is 10.1 Å². The number of aliphatic imine (C=N–C) groups is 1.